The van der Waals surface area contributed by atoms with E-state index >= 15 is 0 Å². The molecule has 1 saturated heterocycles. The molecule has 1 fully saturated rings. The van der Waals surface area contributed by atoms with Gasteiger partial charge in [-0.05, 0) is 80.1 Å². The summed E-state index contributed by atoms with van der Waals surface area (Å²) in [6.07, 6.45) is 0. The minimum absolute atomic E-state index is 0.265. The number of benzene rings is 3. The van der Waals surface area contributed by atoms with Crippen molar-refractivity contribution in [2.75, 3.05) is 35.3 Å². The maximum absolute atomic E-state index is 14.1. The van der Waals surface area contributed by atoms with Crippen LogP contribution in [0.15, 0.2) is 82.6 Å². The number of nitrogens with one attached hydrogen (secondary N) is 1. The standard InChI is InChI=1S/C33H31FN4O5S2/c1-4-36(5-2)22-12-6-19(7-13-22)26-27-28(31(41)38(30(27)40)23-14-8-20(34)9-15-23)44-32-29(26)45-33(42)37(32)18-25(39)35-21-10-16-24(43-3)17-11-21/h6-17,26-28H,4-5,18H2,1-3H3,(H,35,39)/t26-,27?,28?/m1/s1. The molecule has 3 heterocycles. The van der Waals surface area contributed by atoms with Gasteiger partial charge in [0.05, 0.1) is 23.7 Å². The van der Waals surface area contributed by atoms with Gasteiger partial charge < -0.3 is 15.0 Å². The molecule has 3 aromatic carbocycles. The Hall–Kier alpha value is -4.42. The minimum Gasteiger partial charge on any atom is -0.497 e. The Balaban J connectivity index is 1.39. The van der Waals surface area contributed by atoms with Gasteiger partial charge in [0.2, 0.25) is 17.7 Å². The van der Waals surface area contributed by atoms with E-state index in [1.165, 1.54) is 28.8 Å². The quantitative estimate of drug-likeness (QED) is 0.245. The van der Waals surface area contributed by atoms with Gasteiger partial charge in [0.15, 0.2) is 0 Å². The Morgan fingerprint density at radius 2 is 1.60 bits per heavy atom. The highest BCUT2D eigenvalue weighted by molar-refractivity contribution is 8.00. The first-order valence-corrected chi connectivity index (χ1v) is 16.3. The highest BCUT2D eigenvalue weighted by atomic mass is 32.2. The Kier molecular flexibility index (Phi) is 8.52. The maximum Gasteiger partial charge on any atom is 0.308 e. The fraction of sp³-hybridized carbons (Fsp3) is 0.273. The highest BCUT2D eigenvalue weighted by Gasteiger charge is 2.56. The number of halogens is 1. The number of rotatable bonds is 9. The third-order valence-corrected chi connectivity index (χ3v) is 10.8. The number of amides is 3. The summed E-state index contributed by atoms with van der Waals surface area (Å²) in [5, 5.41) is 2.46. The van der Waals surface area contributed by atoms with Gasteiger partial charge in [0.25, 0.3) is 0 Å². The van der Waals surface area contributed by atoms with E-state index in [9.17, 15) is 23.6 Å². The highest BCUT2D eigenvalue weighted by Crippen LogP contribution is 2.54. The lowest BCUT2D eigenvalue weighted by atomic mass is 9.83. The van der Waals surface area contributed by atoms with Crippen LogP contribution in [0.2, 0.25) is 0 Å². The van der Waals surface area contributed by atoms with Crippen LogP contribution in [0.4, 0.5) is 21.5 Å². The average Bonchev–Trinajstić information content (AvgIpc) is 3.49. The molecule has 6 rings (SSSR count). The normalized spacial score (nSPS) is 18.8. The molecule has 2 unspecified atom stereocenters. The van der Waals surface area contributed by atoms with Crippen molar-refractivity contribution in [2.24, 2.45) is 5.92 Å². The Morgan fingerprint density at radius 3 is 2.22 bits per heavy atom. The van der Waals surface area contributed by atoms with E-state index in [1.54, 1.807) is 31.4 Å². The molecule has 2 aliphatic rings. The van der Waals surface area contributed by atoms with Crippen LogP contribution < -0.4 is 24.7 Å². The number of thioether (sulfide) groups is 1. The molecule has 0 saturated carbocycles. The van der Waals surface area contributed by atoms with E-state index in [0.717, 1.165) is 52.3 Å². The van der Waals surface area contributed by atoms with Gasteiger partial charge in [-0.3, -0.25) is 23.7 Å². The second-order valence-electron chi connectivity index (χ2n) is 10.7. The van der Waals surface area contributed by atoms with Crippen molar-refractivity contribution >= 4 is 57.9 Å². The molecule has 1 N–H and O–H groups in total. The number of methoxy groups -OCH3 is 1. The van der Waals surface area contributed by atoms with Gasteiger partial charge in [-0.1, -0.05) is 35.2 Å². The van der Waals surface area contributed by atoms with Crippen molar-refractivity contribution in [1.29, 1.82) is 0 Å². The molecule has 0 spiro atoms. The van der Waals surface area contributed by atoms with Crippen molar-refractivity contribution in [1.82, 2.24) is 4.57 Å². The van der Waals surface area contributed by atoms with Crippen LogP contribution in [-0.4, -0.2) is 47.7 Å². The van der Waals surface area contributed by atoms with Crippen LogP contribution in [0.25, 0.3) is 0 Å². The van der Waals surface area contributed by atoms with E-state index in [1.807, 2.05) is 24.3 Å². The number of hydrogen-bond donors (Lipinski definition) is 1. The molecule has 0 radical (unpaired) electrons. The number of imide groups is 1. The first-order chi connectivity index (χ1) is 21.7. The molecule has 9 nitrogen and oxygen atoms in total. The zero-order valence-corrected chi connectivity index (χ0v) is 26.5. The number of ether oxygens (including phenoxy) is 1. The lowest BCUT2D eigenvalue weighted by Crippen LogP contribution is -2.33. The van der Waals surface area contributed by atoms with Gasteiger partial charge in [-0.15, -0.1) is 0 Å². The summed E-state index contributed by atoms with van der Waals surface area (Å²) in [6.45, 7) is 5.54. The smallest absolute Gasteiger partial charge is 0.308 e. The Bertz CT molecular complexity index is 1800. The van der Waals surface area contributed by atoms with E-state index in [2.05, 4.69) is 24.1 Å². The molecule has 45 heavy (non-hydrogen) atoms. The van der Waals surface area contributed by atoms with Crippen LogP contribution in [0, 0.1) is 11.7 Å². The predicted octanol–water partition coefficient (Wildman–Crippen LogP) is 5.34. The van der Waals surface area contributed by atoms with Crippen LogP contribution >= 0.6 is 23.1 Å². The predicted molar refractivity (Wildman–Crippen MR) is 174 cm³/mol. The summed E-state index contributed by atoms with van der Waals surface area (Å²) >= 11 is 2.13. The topological polar surface area (TPSA) is 101 Å². The van der Waals surface area contributed by atoms with Crippen molar-refractivity contribution in [3.05, 3.63) is 98.7 Å². The van der Waals surface area contributed by atoms with E-state index in [4.69, 9.17) is 4.74 Å². The van der Waals surface area contributed by atoms with Crippen LogP contribution in [0.3, 0.4) is 0 Å². The fourth-order valence-corrected chi connectivity index (χ4v) is 8.73. The SMILES string of the molecule is CCN(CC)c1ccc([C@H]2c3sc(=O)n(CC(=O)Nc4ccc(OC)cc4)c3SC3C(=O)N(c4ccc(F)cc4)C(=O)C32)cc1. The van der Waals surface area contributed by atoms with Gasteiger partial charge in [-0.2, -0.15) is 0 Å². The van der Waals surface area contributed by atoms with Gasteiger partial charge in [0.1, 0.15) is 23.4 Å². The minimum atomic E-state index is -0.840. The molecule has 2 aliphatic heterocycles. The Labute approximate surface area is 267 Å². The summed E-state index contributed by atoms with van der Waals surface area (Å²) in [5.41, 5.74) is 2.65. The van der Waals surface area contributed by atoms with Crippen molar-refractivity contribution in [3.8, 4) is 5.75 Å². The van der Waals surface area contributed by atoms with Crippen molar-refractivity contribution in [3.63, 3.8) is 0 Å². The van der Waals surface area contributed by atoms with Crippen LogP contribution in [-0.2, 0) is 20.9 Å². The summed E-state index contributed by atoms with van der Waals surface area (Å²) in [5.74, 6) is -2.48. The van der Waals surface area contributed by atoms with Crippen molar-refractivity contribution < 1.29 is 23.5 Å². The molecule has 0 aliphatic carbocycles. The number of aromatic nitrogens is 1. The fourth-order valence-electron chi connectivity index (χ4n) is 5.96. The van der Waals surface area contributed by atoms with Gasteiger partial charge >= 0.3 is 4.87 Å². The number of anilines is 3. The molecular weight excluding hydrogens is 616 g/mol. The Morgan fingerprint density at radius 1 is 0.933 bits per heavy atom. The number of carbonyl (C=O) groups excluding carboxylic acids is 3. The zero-order valence-electron chi connectivity index (χ0n) is 24.9. The van der Waals surface area contributed by atoms with Crippen LogP contribution in [0.5, 0.6) is 5.75 Å². The molecule has 3 atom stereocenters. The summed E-state index contributed by atoms with van der Waals surface area (Å²) in [7, 11) is 1.55. The molecule has 0 bridgehead atoms. The summed E-state index contributed by atoms with van der Waals surface area (Å²) < 4.78 is 20.3. The van der Waals surface area contributed by atoms with Crippen molar-refractivity contribution in [2.45, 2.75) is 36.6 Å². The zero-order chi connectivity index (χ0) is 31.8. The lowest BCUT2D eigenvalue weighted by molar-refractivity contribution is -0.122. The number of hydrogen-bond acceptors (Lipinski definition) is 8. The van der Waals surface area contributed by atoms with E-state index < -0.39 is 40.6 Å². The second-order valence-corrected chi connectivity index (χ2v) is 12.8. The maximum atomic E-state index is 14.1. The molecule has 1 aromatic heterocycles. The molecule has 4 aromatic rings. The number of nitrogens with zero attached hydrogens (tertiary/aromatic N) is 3. The monoisotopic (exact) mass is 646 g/mol. The van der Waals surface area contributed by atoms with Crippen LogP contribution in [0.1, 0.15) is 30.2 Å². The summed E-state index contributed by atoms with van der Waals surface area (Å²) in [4.78, 5) is 58.1. The second kappa shape index (κ2) is 12.5. The van der Waals surface area contributed by atoms with E-state index in [0.29, 0.717) is 21.3 Å². The number of carbonyl (C=O) groups is 3. The summed E-state index contributed by atoms with van der Waals surface area (Å²) in [6, 6.07) is 19.9. The van der Waals surface area contributed by atoms with E-state index in [-0.39, 0.29) is 17.1 Å². The van der Waals surface area contributed by atoms with Gasteiger partial charge in [0, 0.05) is 35.3 Å². The third kappa shape index (κ3) is 5.64. The lowest BCUT2D eigenvalue weighted by Gasteiger charge is -2.31. The molecule has 3 amide bonds. The largest absolute Gasteiger partial charge is 0.497 e. The average molecular weight is 647 g/mol. The van der Waals surface area contributed by atoms with Gasteiger partial charge in [-0.25, -0.2) is 9.29 Å². The molecule has 12 heteroatoms. The first kappa shape index (κ1) is 30.6. The number of thiazole rings is 1. The molecular formula is C33H31FN4O5S2. The molecule has 232 valence electrons. The number of fused-ring (bicyclic) bond motifs is 2. The third-order valence-electron chi connectivity index (χ3n) is 8.19. The first-order valence-electron chi connectivity index (χ1n) is 14.6.